The van der Waals surface area contributed by atoms with E-state index in [1.807, 2.05) is 38.4 Å². The second-order valence-corrected chi connectivity index (χ2v) is 14.0. The Hall–Kier alpha value is -6.64. The van der Waals surface area contributed by atoms with Gasteiger partial charge in [0.25, 0.3) is 0 Å². The summed E-state index contributed by atoms with van der Waals surface area (Å²) in [5.74, 6) is 0. The van der Waals surface area contributed by atoms with Gasteiger partial charge in [-0.3, -0.25) is 9.97 Å². The topological polar surface area (TPSA) is 25.8 Å². The summed E-state index contributed by atoms with van der Waals surface area (Å²) in [6.45, 7) is 6.20. The molecule has 0 spiro atoms. The van der Waals surface area contributed by atoms with Crippen LogP contribution in [0.1, 0.15) is 39.2 Å². The van der Waals surface area contributed by atoms with Crippen molar-refractivity contribution >= 4 is 88.9 Å². The summed E-state index contributed by atoms with van der Waals surface area (Å²) >= 11 is 0. The summed E-state index contributed by atoms with van der Waals surface area (Å²) in [4.78, 5) is 8.54. The molecule has 2 heterocycles. The summed E-state index contributed by atoms with van der Waals surface area (Å²) in [5, 5.41) is 15.9. The van der Waals surface area contributed by atoms with Crippen molar-refractivity contribution in [2.45, 2.75) is 20.8 Å². The minimum absolute atomic E-state index is 1.04. The van der Waals surface area contributed by atoms with Gasteiger partial charge in [0.05, 0.1) is 0 Å². The Bertz CT molecular complexity index is 3020. The fourth-order valence-corrected chi connectivity index (χ4v) is 7.82. The van der Waals surface area contributed by atoms with Crippen LogP contribution in [0.2, 0.25) is 0 Å². The first-order valence-corrected chi connectivity index (χ1v) is 18.2. The van der Waals surface area contributed by atoms with Crippen molar-refractivity contribution in [1.82, 2.24) is 9.97 Å². The molecule has 0 amide bonds. The molecule has 2 heteroatoms. The van der Waals surface area contributed by atoms with Crippen LogP contribution in [0.5, 0.6) is 0 Å². The molecule has 53 heavy (non-hydrogen) atoms. The van der Waals surface area contributed by atoms with Gasteiger partial charge in [-0.1, -0.05) is 139 Å². The highest BCUT2D eigenvalue weighted by Crippen LogP contribution is 2.37. The van der Waals surface area contributed by atoms with Crippen molar-refractivity contribution in [3.05, 3.63) is 191 Å². The molecule has 0 unspecified atom stereocenters. The van der Waals surface area contributed by atoms with Crippen LogP contribution < -0.4 is 0 Å². The summed E-state index contributed by atoms with van der Waals surface area (Å²) in [7, 11) is 0. The van der Waals surface area contributed by atoms with Gasteiger partial charge in [-0.2, -0.15) is 0 Å². The quantitative estimate of drug-likeness (QED) is 0.173. The van der Waals surface area contributed by atoms with Crippen molar-refractivity contribution in [1.29, 1.82) is 0 Å². The Kier molecular flexibility index (Phi) is 8.21. The largest absolute Gasteiger partial charge is 0.262 e. The van der Waals surface area contributed by atoms with Gasteiger partial charge in [-0.15, -0.1) is 0 Å². The maximum absolute atomic E-state index is 4.27. The molecule has 0 N–H and O–H groups in total. The van der Waals surface area contributed by atoms with E-state index in [0.29, 0.717) is 0 Å². The van der Waals surface area contributed by atoms with Crippen LogP contribution in [0, 0.1) is 20.8 Å². The third-order valence-corrected chi connectivity index (χ3v) is 10.3. The summed E-state index contributed by atoms with van der Waals surface area (Å²) < 4.78 is 0. The molecule has 0 aliphatic rings. The average molecular weight is 679 g/mol. The molecule has 10 rings (SSSR count). The molecule has 0 saturated carbocycles. The van der Waals surface area contributed by atoms with Crippen molar-refractivity contribution in [3.8, 4) is 0 Å². The van der Waals surface area contributed by atoms with E-state index in [4.69, 9.17) is 0 Å². The van der Waals surface area contributed by atoms with Crippen LogP contribution in [0.3, 0.4) is 0 Å². The lowest BCUT2D eigenvalue weighted by molar-refractivity contribution is 1.20. The van der Waals surface area contributed by atoms with E-state index in [2.05, 4.69) is 169 Å². The molecule has 0 bridgehead atoms. The van der Waals surface area contributed by atoms with E-state index < -0.39 is 0 Å². The fourth-order valence-electron chi connectivity index (χ4n) is 7.82. The Labute approximate surface area is 309 Å². The number of benzene rings is 8. The van der Waals surface area contributed by atoms with Gasteiger partial charge in [0.1, 0.15) is 0 Å². The molecular weight excluding hydrogens is 641 g/mol. The van der Waals surface area contributed by atoms with Crippen molar-refractivity contribution in [2.75, 3.05) is 0 Å². The lowest BCUT2D eigenvalue weighted by atomic mass is 9.92. The number of fused-ring (bicyclic) bond motifs is 6. The molecule has 0 saturated heterocycles. The van der Waals surface area contributed by atoms with Gasteiger partial charge in [-0.05, 0) is 138 Å². The lowest BCUT2D eigenvalue weighted by Gasteiger charge is -2.12. The summed E-state index contributed by atoms with van der Waals surface area (Å²) in [5.41, 5.74) is 8.18. The number of hydrogen-bond acceptors (Lipinski definition) is 2. The van der Waals surface area contributed by atoms with Gasteiger partial charge >= 0.3 is 0 Å². The number of hydrogen-bond donors (Lipinski definition) is 0. The predicted octanol–water partition coefficient (Wildman–Crippen LogP) is 13.8. The van der Waals surface area contributed by atoms with E-state index in [1.54, 1.807) is 0 Å². The van der Waals surface area contributed by atoms with E-state index in [1.165, 1.54) is 92.5 Å². The molecule has 2 nitrogen and oxygen atoms in total. The van der Waals surface area contributed by atoms with Crippen molar-refractivity contribution < 1.29 is 0 Å². The highest BCUT2D eigenvalue weighted by atomic mass is 14.6. The zero-order valence-electron chi connectivity index (χ0n) is 30.1. The van der Waals surface area contributed by atoms with Crippen LogP contribution in [-0.2, 0) is 0 Å². The first-order chi connectivity index (χ1) is 26.0. The molecule has 0 aliphatic heterocycles. The Morgan fingerprint density at radius 3 is 1.57 bits per heavy atom. The van der Waals surface area contributed by atoms with Crippen LogP contribution in [0.15, 0.2) is 152 Å². The van der Waals surface area contributed by atoms with E-state index in [0.717, 1.165) is 11.4 Å². The van der Waals surface area contributed by atoms with Crippen LogP contribution in [-0.4, -0.2) is 9.97 Å². The van der Waals surface area contributed by atoms with Gasteiger partial charge in [0.15, 0.2) is 0 Å². The third kappa shape index (κ3) is 6.19. The second kappa shape index (κ2) is 13.5. The molecule has 0 aliphatic carbocycles. The van der Waals surface area contributed by atoms with E-state index in [-0.39, 0.29) is 0 Å². The normalized spacial score (nSPS) is 11.9. The number of aromatic nitrogens is 2. The molecule has 0 radical (unpaired) electrons. The zero-order valence-corrected chi connectivity index (χ0v) is 30.1. The Morgan fingerprint density at radius 2 is 0.868 bits per heavy atom. The van der Waals surface area contributed by atoms with Gasteiger partial charge < -0.3 is 0 Å². The molecule has 8 aromatic carbocycles. The third-order valence-electron chi connectivity index (χ3n) is 10.3. The molecule has 0 fully saturated rings. The lowest BCUT2D eigenvalue weighted by Crippen LogP contribution is -1.86. The monoisotopic (exact) mass is 678 g/mol. The van der Waals surface area contributed by atoms with Crippen LogP contribution >= 0.6 is 0 Å². The number of pyridine rings is 2. The fraction of sp³-hybridized carbons (Fsp3) is 0.0588. The number of rotatable bonds is 4. The minimum atomic E-state index is 1.04. The molecular formula is C51H38N2. The maximum atomic E-state index is 4.27. The molecule has 10 aromatic rings. The van der Waals surface area contributed by atoms with E-state index >= 15 is 0 Å². The summed E-state index contributed by atoms with van der Waals surface area (Å²) in [6.07, 6.45) is 12.4. The average Bonchev–Trinajstić information content (AvgIpc) is 3.19. The second-order valence-electron chi connectivity index (χ2n) is 14.0. The smallest absolute Gasteiger partial charge is 0.0378 e. The molecule has 0 atom stereocenters. The van der Waals surface area contributed by atoms with Crippen molar-refractivity contribution in [2.24, 2.45) is 0 Å². The summed E-state index contributed by atoms with van der Waals surface area (Å²) in [6, 6.07) is 50.5. The number of nitrogens with zero attached hydrogens (tertiary/aromatic N) is 2. The van der Waals surface area contributed by atoms with Crippen LogP contribution in [0.25, 0.3) is 88.9 Å². The number of aryl methyl sites for hydroxylation is 3. The van der Waals surface area contributed by atoms with Gasteiger partial charge in [0, 0.05) is 23.8 Å². The Morgan fingerprint density at radius 1 is 0.358 bits per heavy atom. The highest BCUT2D eigenvalue weighted by molar-refractivity contribution is 6.26. The SMILES string of the molecule is Cc1cc(/C=C/c2ccc3ccc4cccc5ccc2c3c45)ccn1.Cc1ccc2c(c1)c1ccccc1c1ccc(/C=C/c3ccnc(C)c3)cc12. The molecule has 252 valence electrons. The predicted molar refractivity (Wildman–Crippen MR) is 230 cm³/mol. The zero-order chi connectivity index (χ0) is 35.9. The minimum Gasteiger partial charge on any atom is -0.262 e. The molecule has 2 aromatic heterocycles. The van der Waals surface area contributed by atoms with Crippen LogP contribution in [0.4, 0.5) is 0 Å². The Balaban J connectivity index is 0.000000141. The standard InChI is InChI=1S/C27H21N.C24H17N/c1-18-7-11-25-26(15-18)23-6-4-3-5-22(23)24-12-10-20(17-27(24)25)8-9-21-13-14-28-19(2)16-21;1-16-15-17(13-14-25-16)5-6-18-7-8-21-10-9-19-3-2-4-20-11-12-22(18)24(21)23(19)20/h3-17H,1-2H3;2-15H,1H3/b9-8+;6-5+. The highest BCUT2D eigenvalue weighted by Gasteiger charge is 2.10. The van der Waals surface area contributed by atoms with Gasteiger partial charge in [0.2, 0.25) is 0 Å². The maximum Gasteiger partial charge on any atom is 0.0378 e. The first-order valence-electron chi connectivity index (χ1n) is 18.2. The first kappa shape index (κ1) is 32.3. The van der Waals surface area contributed by atoms with Gasteiger partial charge in [-0.25, -0.2) is 0 Å². The van der Waals surface area contributed by atoms with Crippen molar-refractivity contribution in [3.63, 3.8) is 0 Å². The van der Waals surface area contributed by atoms with E-state index in [9.17, 15) is 0 Å².